The number of hydrogen-bond acceptors (Lipinski definition) is 1. The fourth-order valence-electron chi connectivity index (χ4n) is 0.672. The van der Waals surface area contributed by atoms with Crippen LogP contribution in [0.4, 0.5) is 0 Å². The summed E-state index contributed by atoms with van der Waals surface area (Å²) in [7, 11) is 1.65. The van der Waals surface area contributed by atoms with Crippen molar-refractivity contribution in [3.8, 4) is 5.75 Å². The molecule has 0 atom stereocenters. The SMILES string of the molecule is [CH2-]c1cccc(OC)c1.[Li+]. The molecule has 0 aromatic heterocycles. The molecule has 0 aliphatic rings. The maximum Gasteiger partial charge on any atom is 1.00 e. The molecule has 0 fully saturated rings. The minimum absolute atomic E-state index is 0. The Bertz CT molecular complexity index is 198. The second-order valence-electron chi connectivity index (χ2n) is 1.85. The molecule has 0 unspecified atom stereocenters. The standard InChI is InChI=1S/C8H9O.Li/c1-7-4-3-5-8(6-7)9-2;/h3-6H,1H2,2H3;/q-1;+1. The number of benzene rings is 1. The predicted molar refractivity (Wildman–Crippen MR) is 37.5 cm³/mol. The average molecular weight is 128 g/mol. The van der Waals surface area contributed by atoms with Crippen molar-refractivity contribution < 1.29 is 23.6 Å². The van der Waals surface area contributed by atoms with Crippen LogP contribution in [0.25, 0.3) is 0 Å². The van der Waals surface area contributed by atoms with Crippen LogP contribution in [-0.4, -0.2) is 7.11 Å². The molecule has 1 aromatic carbocycles. The zero-order valence-electron chi connectivity index (χ0n) is 6.42. The summed E-state index contributed by atoms with van der Waals surface area (Å²) in [6, 6.07) is 7.64. The van der Waals surface area contributed by atoms with Crippen molar-refractivity contribution in [2.45, 2.75) is 0 Å². The molecule has 0 heterocycles. The van der Waals surface area contributed by atoms with E-state index in [0.29, 0.717) is 0 Å². The number of ether oxygens (including phenoxy) is 1. The van der Waals surface area contributed by atoms with Crippen LogP contribution in [0.1, 0.15) is 5.56 Å². The van der Waals surface area contributed by atoms with E-state index in [2.05, 4.69) is 6.92 Å². The van der Waals surface area contributed by atoms with Gasteiger partial charge < -0.3 is 4.74 Å². The quantitative estimate of drug-likeness (QED) is 0.344. The van der Waals surface area contributed by atoms with Crippen molar-refractivity contribution in [1.82, 2.24) is 0 Å². The number of rotatable bonds is 1. The fraction of sp³-hybridized carbons (Fsp3) is 0.125. The Morgan fingerprint density at radius 2 is 2.10 bits per heavy atom. The molecule has 0 N–H and O–H groups in total. The summed E-state index contributed by atoms with van der Waals surface area (Å²) < 4.78 is 4.96. The summed E-state index contributed by atoms with van der Waals surface area (Å²) in [5, 5.41) is 0. The van der Waals surface area contributed by atoms with E-state index in [0.717, 1.165) is 11.3 Å². The second kappa shape index (κ2) is 4.33. The van der Waals surface area contributed by atoms with Gasteiger partial charge in [-0.25, -0.2) is 0 Å². The Balaban J connectivity index is 0.000000810. The van der Waals surface area contributed by atoms with E-state index in [4.69, 9.17) is 4.74 Å². The van der Waals surface area contributed by atoms with Crippen LogP contribution >= 0.6 is 0 Å². The normalized spacial score (nSPS) is 8.10. The van der Waals surface area contributed by atoms with Crippen LogP contribution in [0.3, 0.4) is 0 Å². The summed E-state index contributed by atoms with van der Waals surface area (Å²) in [6.45, 7) is 3.75. The van der Waals surface area contributed by atoms with Gasteiger partial charge in [-0.05, 0) is 6.07 Å². The molecule has 0 saturated carbocycles. The van der Waals surface area contributed by atoms with Crippen molar-refractivity contribution in [1.29, 1.82) is 0 Å². The van der Waals surface area contributed by atoms with Gasteiger partial charge in [0.2, 0.25) is 0 Å². The molecule has 0 aliphatic carbocycles. The summed E-state index contributed by atoms with van der Waals surface area (Å²) in [6.07, 6.45) is 0. The minimum atomic E-state index is 0. The summed E-state index contributed by atoms with van der Waals surface area (Å²) >= 11 is 0. The van der Waals surface area contributed by atoms with E-state index >= 15 is 0 Å². The van der Waals surface area contributed by atoms with Crippen molar-refractivity contribution in [2.75, 3.05) is 7.11 Å². The van der Waals surface area contributed by atoms with Gasteiger partial charge in [-0.2, -0.15) is 18.6 Å². The molecular weight excluding hydrogens is 119 g/mol. The molecule has 0 aliphatic heterocycles. The van der Waals surface area contributed by atoms with Crippen molar-refractivity contribution in [2.24, 2.45) is 0 Å². The molecule has 0 bridgehead atoms. The van der Waals surface area contributed by atoms with Crippen LogP contribution in [0.5, 0.6) is 5.75 Å². The molecule has 0 radical (unpaired) electrons. The number of methoxy groups -OCH3 is 1. The van der Waals surface area contributed by atoms with Gasteiger partial charge >= 0.3 is 18.9 Å². The molecule has 0 spiro atoms. The monoisotopic (exact) mass is 128 g/mol. The first kappa shape index (κ1) is 9.49. The van der Waals surface area contributed by atoms with E-state index in [1.807, 2.05) is 24.3 Å². The zero-order valence-corrected chi connectivity index (χ0v) is 6.42. The van der Waals surface area contributed by atoms with E-state index in [-0.39, 0.29) is 18.9 Å². The van der Waals surface area contributed by atoms with Crippen molar-refractivity contribution in [3.63, 3.8) is 0 Å². The van der Waals surface area contributed by atoms with Gasteiger partial charge in [0.05, 0.1) is 12.9 Å². The van der Waals surface area contributed by atoms with Gasteiger partial charge in [0, 0.05) is 0 Å². The first-order valence-electron chi connectivity index (χ1n) is 2.79. The van der Waals surface area contributed by atoms with Crippen molar-refractivity contribution in [3.05, 3.63) is 36.8 Å². The molecule has 1 nitrogen and oxygen atoms in total. The van der Waals surface area contributed by atoms with E-state index in [1.165, 1.54) is 0 Å². The van der Waals surface area contributed by atoms with Crippen LogP contribution in [0.2, 0.25) is 0 Å². The Kier molecular flexibility index (Phi) is 4.10. The van der Waals surface area contributed by atoms with Crippen LogP contribution in [0.15, 0.2) is 24.3 Å². The predicted octanol–water partition coefficient (Wildman–Crippen LogP) is -1.12. The van der Waals surface area contributed by atoms with Gasteiger partial charge in [0.25, 0.3) is 0 Å². The van der Waals surface area contributed by atoms with Crippen LogP contribution in [-0.2, 0) is 0 Å². The Morgan fingerprint density at radius 3 is 2.50 bits per heavy atom. The van der Waals surface area contributed by atoms with Gasteiger partial charge in [-0.3, -0.25) is 0 Å². The van der Waals surface area contributed by atoms with Gasteiger partial charge in [0.15, 0.2) is 0 Å². The summed E-state index contributed by atoms with van der Waals surface area (Å²) in [5.41, 5.74) is 0.981. The van der Waals surface area contributed by atoms with Gasteiger partial charge in [-0.1, -0.05) is 0 Å². The minimum Gasteiger partial charge on any atom is -0.510 e. The molecule has 10 heavy (non-hydrogen) atoms. The van der Waals surface area contributed by atoms with E-state index < -0.39 is 0 Å². The van der Waals surface area contributed by atoms with E-state index in [9.17, 15) is 0 Å². The smallest absolute Gasteiger partial charge is 0.510 e. The maximum atomic E-state index is 4.96. The molecule has 0 amide bonds. The third-order valence-electron chi connectivity index (χ3n) is 1.13. The Hall–Kier alpha value is -0.513. The summed E-state index contributed by atoms with van der Waals surface area (Å²) in [5.74, 6) is 0.863. The molecule has 48 valence electrons. The molecular formula is C8H9LiO. The molecule has 1 rings (SSSR count). The van der Waals surface area contributed by atoms with Gasteiger partial charge in [-0.15, -0.1) is 12.1 Å². The molecule has 0 saturated heterocycles. The topological polar surface area (TPSA) is 9.23 Å². The number of hydrogen-bond donors (Lipinski definition) is 0. The Labute approximate surface area is 73.6 Å². The van der Waals surface area contributed by atoms with E-state index in [1.54, 1.807) is 7.11 Å². The van der Waals surface area contributed by atoms with Gasteiger partial charge in [0.1, 0.15) is 0 Å². The first-order valence-corrected chi connectivity index (χ1v) is 2.79. The fourth-order valence-corrected chi connectivity index (χ4v) is 0.672. The average Bonchev–Trinajstić information content (AvgIpc) is 1.88. The maximum absolute atomic E-state index is 4.96. The third kappa shape index (κ3) is 2.39. The molecule has 1 aromatic rings. The Morgan fingerprint density at radius 1 is 1.40 bits per heavy atom. The second-order valence-corrected chi connectivity index (χ2v) is 1.85. The third-order valence-corrected chi connectivity index (χ3v) is 1.13. The largest absolute Gasteiger partial charge is 1.00 e. The molecule has 2 heteroatoms. The van der Waals surface area contributed by atoms with Crippen LogP contribution in [0, 0.1) is 6.92 Å². The van der Waals surface area contributed by atoms with Crippen LogP contribution < -0.4 is 23.6 Å². The zero-order chi connectivity index (χ0) is 6.69. The summed E-state index contributed by atoms with van der Waals surface area (Å²) in [4.78, 5) is 0. The first-order chi connectivity index (χ1) is 4.33. The van der Waals surface area contributed by atoms with Crippen molar-refractivity contribution >= 4 is 0 Å².